The highest BCUT2D eigenvalue weighted by Gasteiger charge is 2.19. The first-order valence-corrected chi connectivity index (χ1v) is 10.5. The average molecular weight is 417 g/mol. The summed E-state index contributed by atoms with van der Waals surface area (Å²) in [6, 6.07) is 7.29. The number of rotatable bonds is 5. The van der Waals surface area contributed by atoms with Gasteiger partial charge in [-0.05, 0) is 24.6 Å². The number of carbonyl (C=O) groups is 1. The number of ketones is 1. The number of aryl methyl sites for hydroxylation is 1. The minimum atomic E-state index is -0.168. The number of aliphatic imine (C=N–C) groups is 1. The lowest BCUT2D eigenvalue weighted by Crippen LogP contribution is -2.24. The van der Waals surface area contributed by atoms with Gasteiger partial charge in [0.05, 0.1) is 24.0 Å². The summed E-state index contributed by atoms with van der Waals surface area (Å²) in [6.45, 7) is 2.57. The molecule has 0 bridgehead atoms. The first-order chi connectivity index (χ1) is 14.5. The predicted molar refractivity (Wildman–Crippen MR) is 119 cm³/mol. The fraction of sp³-hybridized carbons (Fsp3) is 0.227. The van der Waals surface area contributed by atoms with E-state index in [0.29, 0.717) is 24.0 Å². The highest BCUT2D eigenvalue weighted by molar-refractivity contribution is 7.19. The fourth-order valence-electron chi connectivity index (χ4n) is 3.76. The molecule has 0 aliphatic carbocycles. The molecule has 0 fully saturated rings. The largest absolute Gasteiger partial charge is 0.323 e. The van der Waals surface area contributed by atoms with Crippen LogP contribution in [0.5, 0.6) is 0 Å². The second kappa shape index (κ2) is 7.14. The van der Waals surface area contributed by atoms with Gasteiger partial charge in [-0.3, -0.25) is 14.6 Å². The summed E-state index contributed by atoms with van der Waals surface area (Å²) in [6.07, 6.45) is 6.51. The smallest absolute Gasteiger partial charge is 0.291 e. The van der Waals surface area contributed by atoms with Crippen molar-refractivity contribution in [2.24, 2.45) is 12.0 Å². The molecule has 0 spiro atoms. The summed E-state index contributed by atoms with van der Waals surface area (Å²) < 4.78 is 4.26. The van der Waals surface area contributed by atoms with Gasteiger partial charge in [0.15, 0.2) is 11.4 Å². The Morgan fingerprint density at radius 2 is 2.17 bits per heavy atom. The van der Waals surface area contributed by atoms with E-state index in [2.05, 4.69) is 10.1 Å². The van der Waals surface area contributed by atoms with E-state index >= 15 is 0 Å². The Labute approximate surface area is 176 Å². The van der Waals surface area contributed by atoms with Gasteiger partial charge in [-0.25, -0.2) is 9.67 Å². The van der Waals surface area contributed by atoms with E-state index in [1.165, 1.54) is 11.6 Å². The molecule has 0 amide bonds. The third kappa shape index (κ3) is 3.09. The minimum absolute atomic E-state index is 0.00350. The molecule has 0 atom stereocenters. The Morgan fingerprint density at radius 3 is 2.93 bits per heavy atom. The van der Waals surface area contributed by atoms with E-state index in [9.17, 15) is 9.59 Å². The molecule has 0 unspecified atom stereocenters. The Balaban J connectivity index is 1.55. The standard InChI is InChI=1S/C22H19N5O2S/c1-13(28)15-6-3-5-14(9-15)12-27-22(29)19-17(11-24-27)20-21(26(19)2)25-18(30-20)10-16-7-4-8-23-16/h3-7,9,11H,8,10,12H2,1-2H3. The van der Waals surface area contributed by atoms with Crippen molar-refractivity contribution in [1.29, 1.82) is 0 Å². The monoisotopic (exact) mass is 417 g/mol. The van der Waals surface area contributed by atoms with Crippen LogP contribution in [0.1, 0.15) is 27.9 Å². The predicted octanol–water partition coefficient (Wildman–Crippen LogP) is 3.15. The van der Waals surface area contributed by atoms with Crippen LogP contribution in [-0.2, 0) is 20.0 Å². The van der Waals surface area contributed by atoms with Crippen molar-refractivity contribution in [3.05, 3.63) is 69.1 Å². The normalized spacial score (nSPS) is 13.5. The van der Waals surface area contributed by atoms with Crippen LogP contribution in [0.25, 0.3) is 21.3 Å². The van der Waals surface area contributed by atoms with Crippen molar-refractivity contribution in [3.63, 3.8) is 0 Å². The lowest BCUT2D eigenvalue weighted by molar-refractivity contribution is 0.101. The van der Waals surface area contributed by atoms with Crippen LogP contribution < -0.4 is 5.56 Å². The molecule has 4 heterocycles. The van der Waals surface area contributed by atoms with Gasteiger partial charge in [0, 0.05) is 30.1 Å². The van der Waals surface area contributed by atoms with E-state index in [1.807, 2.05) is 35.9 Å². The van der Waals surface area contributed by atoms with Crippen molar-refractivity contribution in [2.75, 3.05) is 6.54 Å². The number of hydrogen-bond donors (Lipinski definition) is 0. The summed E-state index contributed by atoms with van der Waals surface area (Å²) in [5.41, 5.74) is 3.73. The number of nitrogens with zero attached hydrogens (tertiary/aromatic N) is 5. The molecule has 7 nitrogen and oxygen atoms in total. The first-order valence-electron chi connectivity index (χ1n) is 9.65. The first kappa shape index (κ1) is 18.6. The van der Waals surface area contributed by atoms with Crippen LogP contribution in [0.3, 0.4) is 0 Å². The van der Waals surface area contributed by atoms with E-state index in [1.54, 1.807) is 29.7 Å². The molecule has 0 radical (unpaired) electrons. The molecule has 1 aliphatic heterocycles. The third-order valence-corrected chi connectivity index (χ3v) is 6.36. The summed E-state index contributed by atoms with van der Waals surface area (Å²) in [7, 11) is 1.86. The SMILES string of the molecule is CC(=O)c1cccc(Cn2ncc3c4sc(CC5=NCC=C5)nc4n(C)c3c2=O)c1. The molecule has 1 aliphatic rings. The van der Waals surface area contributed by atoms with Crippen LogP contribution in [0.4, 0.5) is 0 Å². The molecule has 3 aromatic heterocycles. The maximum atomic E-state index is 13.2. The Kier molecular flexibility index (Phi) is 4.43. The second-order valence-corrected chi connectivity index (χ2v) is 8.44. The highest BCUT2D eigenvalue weighted by Crippen LogP contribution is 2.31. The number of thiazole rings is 1. The number of benzene rings is 1. The Hall–Kier alpha value is -3.39. The van der Waals surface area contributed by atoms with Crippen molar-refractivity contribution < 1.29 is 4.79 Å². The van der Waals surface area contributed by atoms with E-state index < -0.39 is 0 Å². The third-order valence-electron chi connectivity index (χ3n) is 5.28. The van der Waals surface area contributed by atoms with Crippen LogP contribution in [0.2, 0.25) is 0 Å². The molecule has 0 saturated heterocycles. The van der Waals surface area contributed by atoms with Gasteiger partial charge in [0.25, 0.3) is 5.56 Å². The molecule has 1 aromatic carbocycles. The summed E-state index contributed by atoms with van der Waals surface area (Å²) in [4.78, 5) is 34.0. The fourth-order valence-corrected chi connectivity index (χ4v) is 4.88. The average Bonchev–Trinajstić information content (AvgIpc) is 3.44. The van der Waals surface area contributed by atoms with Gasteiger partial charge >= 0.3 is 0 Å². The molecule has 4 aromatic rings. The van der Waals surface area contributed by atoms with E-state index in [-0.39, 0.29) is 11.3 Å². The van der Waals surface area contributed by atoms with Gasteiger partial charge in [0.1, 0.15) is 10.5 Å². The quantitative estimate of drug-likeness (QED) is 0.467. The molecule has 0 saturated carbocycles. The maximum absolute atomic E-state index is 13.2. The zero-order chi connectivity index (χ0) is 20.8. The van der Waals surface area contributed by atoms with Gasteiger partial charge in [-0.1, -0.05) is 24.3 Å². The van der Waals surface area contributed by atoms with E-state index in [0.717, 1.165) is 38.6 Å². The minimum Gasteiger partial charge on any atom is -0.323 e. The molecule has 30 heavy (non-hydrogen) atoms. The molecule has 5 rings (SSSR count). The topological polar surface area (TPSA) is 82.1 Å². The zero-order valence-corrected chi connectivity index (χ0v) is 17.4. The lowest BCUT2D eigenvalue weighted by atomic mass is 10.1. The van der Waals surface area contributed by atoms with Crippen LogP contribution in [-0.4, -0.2) is 37.4 Å². The number of aromatic nitrogens is 4. The molecular formula is C22H19N5O2S. The van der Waals surface area contributed by atoms with Gasteiger partial charge in [-0.15, -0.1) is 11.3 Å². The lowest BCUT2D eigenvalue weighted by Gasteiger charge is -2.07. The van der Waals surface area contributed by atoms with E-state index in [4.69, 9.17) is 4.98 Å². The van der Waals surface area contributed by atoms with Gasteiger partial charge < -0.3 is 4.57 Å². The number of allylic oxidation sites excluding steroid dienone is 1. The summed E-state index contributed by atoms with van der Waals surface area (Å²) in [5.74, 6) is -0.00350. The summed E-state index contributed by atoms with van der Waals surface area (Å²) in [5, 5.41) is 6.20. The molecule has 150 valence electrons. The molecule has 8 heteroatoms. The van der Waals surface area contributed by atoms with Crippen LogP contribution >= 0.6 is 11.3 Å². The van der Waals surface area contributed by atoms with Gasteiger partial charge in [0.2, 0.25) is 0 Å². The van der Waals surface area contributed by atoms with Gasteiger partial charge in [-0.2, -0.15) is 5.10 Å². The molecular weight excluding hydrogens is 398 g/mol. The number of Topliss-reactive ketones (excluding diaryl/α,β-unsaturated/α-hetero) is 1. The van der Waals surface area contributed by atoms with Crippen molar-refractivity contribution in [3.8, 4) is 0 Å². The number of carbonyl (C=O) groups excluding carboxylic acids is 1. The second-order valence-electron chi connectivity index (χ2n) is 7.36. The van der Waals surface area contributed by atoms with Crippen molar-refractivity contribution in [2.45, 2.75) is 19.9 Å². The Bertz CT molecular complexity index is 1440. The summed E-state index contributed by atoms with van der Waals surface area (Å²) >= 11 is 1.59. The zero-order valence-electron chi connectivity index (χ0n) is 16.6. The maximum Gasteiger partial charge on any atom is 0.291 e. The van der Waals surface area contributed by atoms with Crippen LogP contribution in [0, 0.1) is 0 Å². The number of hydrogen-bond acceptors (Lipinski definition) is 6. The van der Waals surface area contributed by atoms with Crippen molar-refractivity contribution >= 4 is 44.1 Å². The molecule has 0 N–H and O–H groups in total. The number of fused-ring (bicyclic) bond motifs is 3. The van der Waals surface area contributed by atoms with Crippen molar-refractivity contribution in [1.82, 2.24) is 19.3 Å². The highest BCUT2D eigenvalue weighted by atomic mass is 32.1. The Morgan fingerprint density at radius 1 is 1.30 bits per heavy atom. The van der Waals surface area contributed by atoms with Crippen LogP contribution in [0.15, 0.2) is 52.4 Å².